The zero-order chi connectivity index (χ0) is 17.9. The van der Waals surface area contributed by atoms with Crippen molar-refractivity contribution in [3.63, 3.8) is 0 Å². The molecule has 0 atom stereocenters. The number of anilines is 1. The maximum atomic E-state index is 12.0. The van der Waals surface area contributed by atoms with Crippen LogP contribution in [0.15, 0.2) is 40.9 Å². The number of halogens is 1. The van der Waals surface area contributed by atoms with Crippen LogP contribution in [0.1, 0.15) is 39.0 Å². The lowest BCUT2D eigenvalue weighted by Gasteiger charge is -2.15. The number of carbonyl (C=O) groups excluding carboxylic acids is 1. The van der Waals surface area contributed by atoms with Crippen LogP contribution >= 0.6 is 24.0 Å². The Labute approximate surface area is 172 Å². The van der Waals surface area contributed by atoms with Crippen LogP contribution in [-0.4, -0.2) is 36.6 Å². The lowest BCUT2D eigenvalue weighted by Crippen LogP contribution is -2.38. The Kier molecular flexibility index (Phi) is 10.8. The van der Waals surface area contributed by atoms with E-state index in [-0.39, 0.29) is 42.2 Å². The van der Waals surface area contributed by atoms with E-state index in [1.807, 2.05) is 6.92 Å². The molecule has 0 saturated heterocycles. The third kappa shape index (κ3) is 8.55. The Hall–Kier alpha value is -1.77. The van der Waals surface area contributed by atoms with Gasteiger partial charge in [0.1, 0.15) is 12.3 Å². The third-order valence-electron chi connectivity index (χ3n) is 4.00. The van der Waals surface area contributed by atoms with E-state index in [1.54, 1.807) is 12.1 Å². The SMILES string of the molecule is CCNC(=NCC(=O)Nc1ccc(O)cc1)NCCC1=CCCCC1.I. The maximum absolute atomic E-state index is 12.0. The average molecular weight is 472 g/mol. The molecule has 0 heterocycles. The summed E-state index contributed by atoms with van der Waals surface area (Å²) < 4.78 is 0. The Morgan fingerprint density at radius 1 is 1.19 bits per heavy atom. The molecule has 0 bridgehead atoms. The van der Waals surface area contributed by atoms with E-state index in [1.165, 1.54) is 43.4 Å². The molecule has 4 N–H and O–H groups in total. The molecule has 1 aliphatic rings. The first-order valence-corrected chi connectivity index (χ1v) is 8.96. The number of carbonyl (C=O) groups is 1. The van der Waals surface area contributed by atoms with Crippen LogP contribution in [0.5, 0.6) is 5.75 Å². The van der Waals surface area contributed by atoms with Gasteiger partial charge >= 0.3 is 0 Å². The fraction of sp³-hybridized carbons (Fsp3) is 0.474. The van der Waals surface area contributed by atoms with Crippen LogP contribution in [0, 0.1) is 0 Å². The molecule has 144 valence electrons. The van der Waals surface area contributed by atoms with Crippen molar-refractivity contribution < 1.29 is 9.90 Å². The largest absolute Gasteiger partial charge is 0.508 e. The lowest BCUT2D eigenvalue weighted by molar-refractivity contribution is -0.114. The predicted molar refractivity (Wildman–Crippen MR) is 117 cm³/mol. The Morgan fingerprint density at radius 3 is 2.62 bits per heavy atom. The number of phenols is 1. The van der Waals surface area contributed by atoms with Crippen molar-refractivity contribution in [3.8, 4) is 5.75 Å². The fourth-order valence-corrected chi connectivity index (χ4v) is 2.71. The minimum atomic E-state index is -0.196. The zero-order valence-electron chi connectivity index (χ0n) is 15.3. The van der Waals surface area contributed by atoms with Crippen LogP contribution < -0.4 is 16.0 Å². The van der Waals surface area contributed by atoms with Gasteiger partial charge in [0.2, 0.25) is 5.91 Å². The molecule has 6 nitrogen and oxygen atoms in total. The second-order valence-corrected chi connectivity index (χ2v) is 6.08. The molecule has 1 aromatic rings. The van der Waals surface area contributed by atoms with Crippen LogP contribution in [-0.2, 0) is 4.79 Å². The Morgan fingerprint density at radius 2 is 1.96 bits per heavy atom. The van der Waals surface area contributed by atoms with E-state index in [4.69, 9.17) is 0 Å². The molecule has 26 heavy (non-hydrogen) atoms. The van der Waals surface area contributed by atoms with E-state index in [0.29, 0.717) is 11.6 Å². The molecule has 0 aromatic heterocycles. The average Bonchev–Trinajstić information content (AvgIpc) is 2.62. The van der Waals surface area contributed by atoms with Crippen molar-refractivity contribution in [2.45, 2.75) is 39.0 Å². The number of nitrogens with zero attached hydrogens (tertiary/aromatic N) is 1. The zero-order valence-corrected chi connectivity index (χ0v) is 17.6. The van der Waals surface area contributed by atoms with E-state index >= 15 is 0 Å². The summed E-state index contributed by atoms with van der Waals surface area (Å²) in [5.74, 6) is 0.625. The Balaban J connectivity index is 0.00000338. The standard InChI is InChI=1S/C19H28N4O2.HI/c1-2-20-19(21-13-12-15-6-4-3-5-7-15)22-14-18(25)23-16-8-10-17(24)11-9-16;/h6,8-11,24H,2-5,7,12-14H2,1H3,(H,23,25)(H2,20,21,22);1H. The van der Waals surface area contributed by atoms with Gasteiger partial charge in [-0.1, -0.05) is 11.6 Å². The predicted octanol–water partition coefficient (Wildman–Crippen LogP) is 3.39. The molecule has 1 aliphatic carbocycles. The highest BCUT2D eigenvalue weighted by Crippen LogP contribution is 2.19. The van der Waals surface area contributed by atoms with Crippen molar-refractivity contribution in [3.05, 3.63) is 35.9 Å². The molecule has 0 aliphatic heterocycles. The molecule has 0 saturated carbocycles. The van der Waals surface area contributed by atoms with Gasteiger partial charge in [-0.15, -0.1) is 24.0 Å². The second kappa shape index (κ2) is 12.6. The van der Waals surface area contributed by atoms with Crippen LogP contribution in [0.4, 0.5) is 5.69 Å². The van der Waals surface area contributed by atoms with E-state index in [2.05, 4.69) is 27.0 Å². The molecule has 1 aromatic carbocycles. The minimum Gasteiger partial charge on any atom is -0.508 e. The number of amides is 1. The molecule has 2 rings (SSSR count). The van der Waals surface area contributed by atoms with Gasteiger partial charge < -0.3 is 21.1 Å². The van der Waals surface area contributed by atoms with Gasteiger partial charge in [-0.25, -0.2) is 4.99 Å². The summed E-state index contributed by atoms with van der Waals surface area (Å²) in [6.45, 7) is 3.60. The summed E-state index contributed by atoms with van der Waals surface area (Å²) >= 11 is 0. The lowest BCUT2D eigenvalue weighted by atomic mass is 9.97. The summed E-state index contributed by atoms with van der Waals surface area (Å²) in [5, 5.41) is 18.4. The number of phenolic OH excluding ortho intramolecular Hbond substituents is 1. The highest BCUT2D eigenvalue weighted by molar-refractivity contribution is 14.0. The summed E-state index contributed by atoms with van der Waals surface area (Å²) in [6.07, 6.45) is 8.35. The quantitative estimate of drug-likeness (QED) is 0.161. The number of hydrogen-bond acceptors (Lipinski definition) is 3. The number of hydrogen-bond donors (Lipinski definition) is 4. The summed E-state index contributed by atoms with van der Waals surface area (Å²) in [7, 11) is 0. The molecule has 0 spiro atoms. The highest BCUT2D eigenvalue weighted by Gasteiger charge is 2.05. The summed E-state index contributed by atoms with van der Waals surface area (Å²) in [4.78, 5) is 16.3. The van der Waals surface area contributed by atoms with Crippen molar-refractivity contribution in [2.24, 2.45) is 4.99 Å². The van der Waals surface area contributed by atoms with E-state index in [9.17, 15) is 9.90 Å². The van der Waals surface area contributed by atoms with Gasteiger partial charge in [0.15, 0.2) is 5.96 Å². The maximum Gasteiger partial charge on any atom is 0.246 e. The number of aromatic hydroxyl groups is 1. The first-order chi connectivity index (χ1) is 12.2. The first kappa shape index (κ1) is 22.3. The van der Waals surface area contributed by atoms with Crippen LogP contribution in [0.2, 0.25) is 0 Å². The molecule has 0 radical (unpaired) electrons. The summed E-state index contributed by atoms with van der Waals surface area (Å²) in [5.41, 5.74) is 2.15. The van der Waals surface area contributed by atoms with Gasteiger partial charge in [-0.3, -0.25) is 4.79 Å². The van der Waals surface area contributed by atoms with E-state index < -0.39 is 0 Å². The number of nitrogens with one attached hydrogen (secondary N) is 3. The molecule has 0 fully saturated rings. The molecular formula is C19H29IN4O2. The smallest absolute Gasteiger partial charge is 0.246 e. The number of benzene rings is 1. The van der Waals surface area contributed by atoms with E-state index in [0.717, 1.165) is 19.5 Å². The third-order valence-corrected chi connectivity index (χ3v) is 4.00. The molecule has 0 unspecified atom stereocenters. The number of aliphatic imine (C=N–C) groups is 1. The molecular weight excluding hydrogens is 443 g/mol. The fourth-order valence-electron chi connectivity index (χ4n) is 2.71. The summed E-state index contributed by atoms with van der Waals surface area (Å²) in [6, 6.07) is 6.37. The van der Waals surface area contributed by atoms with Gasteiger partial charge in [-0.2, -0.15) is 0 Å². The number of guanidine groups is 1. The number of allylic oxidation sites excluding steroid dienone is 1. The van der Waals surface area contributed by atoms with Gasteiger partial charge in [-0.05, 0) is 63.3 Å². The highest BCUT2D eigenvalue weighted by atomic mass is 127. The monoisotopic (exact) mass is 472 g/mol. The molecule has 1 amide bonds. The Bertz CT molecular complexity index is 614. The van der Waals surface area contributed by atoms with Gasteiger partial charge in [0, 0.05) is 18.8 Å². The van der Waals surface area contributed by atoms with Gasteiger partial charge in [0.05, 0.1) is 0 Å². The first-order valence-electron chi connectivity index (χ1n) is 8.96. The van der Waals surface area contributed by atoms with Crippen LogP contribution in [0.3, 0.4) is 0 Å². The number of rotatable bonds is 7. The normalized spacial score (nSPS) is 14.0. The van der Waals surface area contributed by atoms with Gasteiger partial charge in [0.25, 0.3) is 0 Å². The van der Waals surface area contributed by atoms with Crippen molar-refractivity contribution >= 4 is 41.5 Å². The minimum absolute atomic E-state index is 0. The van der Waals surface area contributed by atoms with Crippen molar-refractivity contribution in [1.29, 1.82) is 0 Å². The van der Waals surface area contributed by atoms with Crippen molar-refractivity contribution in [2.75, 3.05) is 25.0 Å². The topological polar surface area (TPSA) is 85.8 Å². The van der Waals surface area contributed by atoms with Crippen LogP contribution in [0.25, 0.3) is 0 Å². The van der Waals surface area contributed by atoms with Crippen molar-refractivity contribution in [1.82, 2.24) is 10.6 Å². The molecule has 7 heteroatoms. The second-order valence-electron chi connectivity index (χ2n) is 6.08.